The van der Waals surface area contributed by atoms with E-state index >= 15 is 0 Å². The summed E-state index contributed by atoms with van der Waals surface area (Å²) in [6.45, 7) is 4.41. The molecule has 0 fully saturated rings. The number of hydrogen-bond donors (Lipinski definition) is 2. The fourth-order valence-electron chi connectivity index (χ4n) is 3.11. The molecule has 0 unspecified atom stereocenters. The molecule has 1 heterocycles. The van der Waals surface area contributed by atoms with Crippen molar-refractivity contribution in [2.24, 2.45) is 0 Å². The van der Waals surface area contributed by atoms with Gasteiger partial charge < -0.3 is 15.2 Å². The predicted octanol–water partition coefficient (Wildman–Crippen LogP) is 3.74. The minimum Gasteiger partial charge on any atom is -0.371 e. The molecule has 4 nitrogen and oxygen atoms in total. The maximum absolute atomic E-state index is 12.1. The predicted molar refractivity (Wildman–Crippen MR) is 104 cm³/mol. The van der Waals surface area contributed by atoms with Gasteiger partial charge in [0, 0.05) is 48.8 Å². The fourth-order valence-corrected chi connectivity index (χ4v) is 3.11. The summed E-state index contributed by atoms with van der Waals surface area (Å²) in [6, 6.07) is 18.5. The van der Waals surface area contributed by atoms with Crippen LogP contribution in [0.25, 0.3) is 10.9 Å². The number of carbonyl (C=O) groups excluding carboxylic acids is 1. The summed E-state index contributed by atoms with van der Waals surface area (Å²) in [6.07, 6.45) is 3.38. The van der Waals surface area contributed by atoms with Gasteiger partial charge >= 0.3 is 0 Å². The molecule has 0 atom stereocenters. The number of amides is 1. The minimum atomic E-state index is 0.106. The third-order valence-electron chi connectivity index (χ3n) is 4.50. The molecule has 0 aliphatic heterocycles. The Balaban J connectivity index is 1.45. The number of fused-ring (bicyclic) bond motifs is 1. The van der Waals surface area contributed by atoms with Gasteiger partial charge in [0.15, 0.2) is 0 Å². The number of para-hydroxylation sites is 2. The Hall–Kier alpha value is -2.75. The second-order valence-corrected chi connectivity index (χ2v) is 6.12. The van der Waals surface area contributed by atoms with Gasteiger partial charge in [-0.2, -0.15) is 0 Å². The SMILES string of the molecule is CCN(CCC(=O)NCCc1c[nH]c2ccccc12)c1ccccc1. The topological polar surface area (TPSA) is 48.1 Å². The molecule has 3 rings (SSSR count). The molecule has 1 amide bonds. The van der Waals surface area contributed by atoms with Crippen LogP contribution in [0.15, 0.2) is 60.8 Å². The fraction of sp³-hybridized carbons (Fsp3) is 0.286. The first-order chi connectivity index (χ1) is 12.3. The average molecular weight is 335 g/mol. The van der Waals surface area contributed by atoms with Crippen LogP contribution >= 0.6 is 0 Å². The quantitative estimate of drug-likeness (QED) is 0.659. The highest BCUT2D eigenvalue weighted by molar-refractivity contribution is 5.83. The molecule has 0 saturated heterocycles. The Morgan fingerprint density at radius 3 is 2.64 bits per heavy atom. The molecular formula is C21H25N3O. The summed E-state index contributed by atoms with van der Waals surface area (Å²) in [5, 5.41) is 4.27. The summed E-state index contributed by atoms with van der Waals surface area (Å²) in [5.74, 6) is 0.106. The van der Waals surface area contributed by atoms with Gasteiger partial charge in [0.1, 0.15) is 0 Å². The lowest BCUT2D eigenvalue weighted by atomic mass is 10.1. The Morgan fingerprint density at radius 2 is 1.84 bits per heavy atom. The standard InChI is InChI=1S/C21H25N3O/c1-2-24(18-8-4-3-5-9-18)15-13-21(25)22-14-12-17-16-23-20-11-7-6-10-19(17)20/h3-11,16,23H,2,12-15H2,1H3,(H,22,25). The van der Waals surface area contributed by atoms with Gasteiger partial charge in [0.25, 0.3) is 0 Å². The van der Waals surface area contributed by atoms with E-state index in [-0.39, 0.29) is 5.91 Å². The van der Waals surface area contributed by atoms with Gasteiger partial charge in [-0.15, -0.1) is 0 Å². The molecule has 1 aromatic heterocycles. The van der Waals surface area contributed by atoms with Gasteiger partial charge in [0.2, 0.25) is 5.91 Å². The van der Waals surface area contributed by atoms with Crippen molar-refractivity contribution >= 4 is 22.5 Å². The van der Waals surface area contributed by atoms with Crippen molar-refractivity contribution in [1.29, 1.82) is 0 Å². The second-order valence-electron chi connectivity index (χ2n) is 6.12. The van der Waals surface area contributed by atoms with E-state index < -0.39 is 0 Å². The zero-order chi connectivity index (χ0) is 17.5. The number of nitrogens with one attached hydrogen (secondary N) is 2. The lowest BCUT2D eigenvalue weighted by Crippen LogP contribution is -2.31. The van der Waals surface area contributed by atoms with Crippen LogP contribution in [-0.2, 0) is 11.2 Å². The summed E-state index contributed by atoms with van der Waals surface area (Å²) in [5.41, 5.74) is 3.55. The molecule has 0 saturated carbocycles. The number of carbonyl (C=O) groups is 1. The van der Waals surface area contributed by atoms with Crippen molar-refractivity contribution in [2.45, 2.75) is 19.8 Å². The molecule has 0 aliphatic rings. The molecule has 25 heavy (non-hydrogen) atoms. The van der Waals surface area contributed by atoms with E-state index in [4.69, 9.17) is 0 Å². The molecule has 130 valence electrons. The van der Waals surface area contributed by atoms with Crippen molar-refractivity contribution in [2.75, 3.05) is 24.5 Å². The zero-order valence-corrected chi connectivity index (χ0v) is 14.7. The number of rotatable bonds is 8. The van der Waals surface area contributed by atoms with Crippen LogP contribution in [-0.4, -0.2) is 30.5 Å². The maximum atomic E-state index is 12.1. The van der Waals surface area contributed by atoms with E-state index in [1.54, 1.807) is 0 Å². The maximum Gasteiger partial charge on any atom is 0.221 e. The van der Waals surface area contributed by atoms with E-state index in [0.717, 1.165) is 30.7 Å². The van der Waals surface area contributed by atoms with Crippen LogP contribution < -0.4 is 10.2 Å². The zero-order valence-electron chi connectivity index (χ0n) is 14.7. The first kappa shape index (κ1) is 17.1. The third-order valence-corrected chi connectivity index (χ3v) is 4.50. The Labute approximate surface area is 148 Å². The Kier molecular flexibility index (Phi) is 5.73. The number of aromatic amines is 1. The van der Waals surface area contributed by atoms with Crippen molar-refractivity contribution in [1.82, 2.24) is 10.3 Å². The summed E-state index contributed by atoms with van der Waals surface area (Å²) >= 11 is 0. The van der Waals surface area contributed by atoms with Gasteiger partial charge in [-0.05, 0) is 37.1 Å². The molecule has 0 radical (unpaired) electrons. The van der Waals surface area contributed by atoms with Gasteiger partial charge in [-0.1, -0.05) is 36.4 Å². The highest BCUT2D eigenvalue weighted by Crippen LogP contribution is 2.17. The lowest BCUT2D eigenvalue weighted by molar-refractivity contribution is -0.120. The molecule has 0 spiro atoms. The van der Waals surface area contributed by atoms with Crippen molar-refractivity contribution in [3.8, 4) is 0 Å². The average Bonchev–Trinajstić information content (AvgIpc) is 3.06. The van der Waals surface area contributed by atoms with Crippen LogP contribution in [0.4, 0.5) is 5.69 Å². The molecule has 3 aromatic rings. The molecule has 2 aromatic carbocycles. The largest absolute Gasteiger partial charge is 0.371 e. The van der Waals surface area contributed by atoms with Crippen LogP contribution in [0.5, 0.6) is 0 Å². The molecule has 2 N–H and O–H groups in total. The number of nitrogens with zero attached hydrogens (tertiary/aromatic N) is 1. The Bertz CT molecular complexity index is 810. The molecule has 0 bridgehead atoms. The molecule has 0 aliphatic carbocycles. The normalized spacial score (nSPS) is 10.8. The highest BCUT2D eigenvalue weighted by atomic mass is 16.1. The highest BCUT2D eigenvalue weighted by Gasteiger charge is 2.08. The first-order valence-electron chi connectivity index (χ1n) is 8.89. The van der Waals surface area contributed by atoms with Gasteiger partial charge in [0.05, 0.1) is 0 Å². The molecular weight excluding hydrogens is 310 g/mol. The number of hydrogen-bond acceptors (Lipinski definition) is 2. The Morgan fingerprint density at radius 1 is 1.08 bits per heavy atom. The van der Waals surface area contributed by atoms with Crippen LogP contribution in [0.3, 0.4) is 0 Å². The number of H-pyrrole nitrogens is 1. The van der Waals surface area contributed by atoms with E-state index in [1.807, 2.05) is 36.5 Å². The summed E-state index contributed by atoms with van der Waals surface area (Å²) in [4.78, 5) is 17.6. The van der Waals surface area contributed by atoms with Crippen LogP contribution in [0.1, 0.15) is 18.9 Å². The summed E-state index contributed by atoms with van der Waals surface area (Å²) < 4.78 is 0. The van der Waals surface area contributed by atoms with Gasteiger partial charge in [-0.25, -0.2) is 0 Å². The third kappa shape index (κ3) is 4.41. The van der Waals surface area contributed by atoms with Crippen molar-refractivity contribution in [3.05, 3.63) is 66.4 Å². The number of anilines is 1. The minimum absolute atomic E-state index is 0.106. The first-order valence-corrected chi connectivity index (χ1v) is 8.89. The lowest BCUT2D eigenvalue weighted by Gasteiger charge is -2.22. The van der Waals surface area contributed by atoms with E-state index in [2.05, 4.69) is 46.4 Å². The second kappa shape index (κ2) is 8.38. The van der Waals surface area contributed by atoms with E-state index in [0.29, 0.717) is 13.0 Å². The van der Waals surface area contributed by atoms with E-state index in [9.17, 15) is 4.79 Å². The van der Waals surface area contributed by atoms with Crippen LogP contribution in [0, 0.1) is 0 Å². The molecule has 4 heteroatoms. The van der Waals surface area contributed by atoms with E-state index in [1.165, 1.54) is 10.9 Å². The number of benzene rings is 2. The van der Waals surface area contributed by atoms with Crippen molar-refractivity contribution in [3.63, 3.8) is 0 Å². The van der Waals surface area contributed by atoms with Crippen LogP contribution in [0.2, 0.25) is 0 Å². The summed E-state index contributed by atoms with van der Waals surface area (Å²) in [7, 11) is 0. The van der Waals surface area contributed by atoms with Gasteiger partial charge in [-0.3, -0.25) is 4.79 Å². The smallest absolute Gasteiger partial charge is 0.221 e. The number of aromatic nitrogens is 1. The van der Waals surface area contributed by atoms with Crippen molar-refractivity contribution < 1.29 is 4.79 Å². The monoisotopic (exact) mass is 335 g/mol.